The molecule has 9 fully saturated rings. The second kappa shape index (κ2) is 14.1. The Hall–Kier alpha value is -0.650. The van der Waals surface area contributed by atoms with Gasteiger partial charge in [-0.25, -0.2) is 0 Å². The van der Waals surface area contributed by atoms with E-state index in [4.69, 9.17) is 10.5 Å². The van der Waals surface area contributed by atoms with E-state index in [-0.39, 0.29) is 72.5 Å². The van der Waals surface area contributed by atoms with Crippen molar-refractivity contribution in [3.63, 3.8) is 0 Å². The predicted molar refractivity (Wildman–Crippen MR) is 206 cm³/mol. The Kier molecular flexibility index (Phi) is 10.0. The van der Waals surface area contributed by atoms with Crippen LogP contribution in [-0.2, 0) is 9.53 Å². The minimum Gasteiger partial charge on any atom is -0.392 e. The van der Waals surface area contributed by atoms with Gasteiger partial charge in [0.05, 0.1) is 29.1 Å². The quantitative estimate of drug-likeness (QED) is 0.207. The number of Topliss-reactive ketones (excluding diaryl/α,β-unsaturated/α-hetero) is 1. The summed E-state index contributed by atoms with van der Waals surface area (Å²) in [5.74, 6) is 3.96. The summed E-state index contributed by atoms with van der Waals surface area (Å²) >= 11 is 0. The van der Waals surface area contributed by atoms with Crippen molar-refractivity contribution in [2.75, 3.05) is 20.1 Å². The number of nitrogens with zero attached hydrogens (tertiary/aromatic N) is 1. The van der Waals surface area contributed by atoms with Gasteiger partial charge in [-0.15, -0.1) is 0 Å². The molecule has 5 bridgehead atoms. The minimum absolute atomic E-state index is 0.0218. The molecule has 0 amide bonds. The minimum atomic E-state index is -0.815. The monoisotopic (exact) mass is 723 g/mol. The van der Waals surface area contributed by atoms with Crippen LogP contribution in [0.1, 0.15) is 124 Å². The van der Waals surface area contributed by atoms with Crippen LogP contribution in [0.2, 0.25) is 0 Å². The van der Waals surface area contributed by atoms with E-state index < -0.39 is 16.9 Å². The van der Waals surface area contributed by atoms with Gasteiger partial charge in [-0.3, -0.25) is 9.69 Å². The van der Waals surface area contributed by atoms with Crippen LogP contribution in [-0.4, -0.2) is 109 Å². The Labute approximate surface area is 314 Å². The van der Waals surface area contributed by atoms with Gasteiger partial charge in [0.1, 0.15) is 0 Å². The van der Waals surface area contributed by atoms with Crippen molar-refractivity contribution in [3.8, 4) is 0 Å². The molecule has 7 N–H and O–H groups in total. The predicted octanol–water partition coefficient (Wildman–Crippen LogP) is 3.96. The zero-order valence-corrected chi connectivity index (χ0v) is 33.2. The highest BCUT2D eigenvalue weighted by Crippen LogP contribution is 2.64. The summed E-state index contributed by atoms with van der Waals surface area (Å²) in [5, 5.41) is 28.1. The molecule has 9 aliphatic rings. The molecule has 294 valence electrons. The van der Waals surface area contributed by atoms with Gasteiger partial charge in [-0.1, -0.05) is 72.1 Å². The average molecular weight is 723 g/mol. The average Bonchev–Trinajstić information content (AvgIpc) is 3.79. The van der Waals surface area contributed by atoms with Gasteiger partial charge >= 0.3 is 0 Å². The van der Waals surface area contributed by atoms with Crippen molar-refractivity contribution >= 4 is 5.78 Å². The van der Waals surface area contributed by atoms with E-state index in [1.807, 2.05) is 6.92 Å². The van der Waals surface area contributed by atoms with E-state index in [1.165, 1.54) is 70.6 Å². The summed E-state index contributed by atoms with van der Waals surface area (Å²) in [5.41, 5.74) is 5.49. The topological polar surface area (TPSA) is 124 Å². The highest BCUT2D eigenvalue weighted by atomic mass is 16.5. The van der Waals surface area contributed by atoms with Crippen LogP contribution in [0.5, 0.6) is 0 Å². The Morgan fingerprint density at radius 1 is 0.942 bits per heavy atom. The number of hydrogen-bond acceptors (Lipinski definition) is 9. The number of hydrogen-bond donors (Lipinski definition) is 6. The SMILES string of the molecule is CCCC1C2NC(C3CCCCCC3)C3NC(CN)C4NC([C@H](C)O)C5NCC6OC(CC7CC8CCC(C8)C7)C(C)C(C(CC)C32C(=O)C645)N1C. The van der Waals surface area contributed by atoms with E-state index in [0.29, 0.717) is 36.6 Å². The molecule has 9 heteroatoms. The van der Waals surface area contributed by atoms with Crippen molar-refractivity contribution < 1.29 is 14.6 Å². The molecule has 6 heterocycles. The maximum atomic E-state index is 17.1. The molecule has 9 rings (SSSR count). The van der Waals surface area contributed by atoms with E-state index in [9.17, 15) is 5.11 Å². The Morgan fingerprint density at radius 2 is 1.67 bits per heavy atom. The molecule has 0 aromatic rings. The molecule has 52 heavy (non-hydrogen) atoms. The molecule has 3 saturated carbocycles. The number of ether oxygens (including phenoxy) is 1. The highest BCUT2D eigenvalue weighted by molar-refractivity contribution is 5.97. The fourth-order valence-electron chi connectivity index (χ4n) is 16.0. The summed E-state index contributed by atoms with van der Waals surface area (Å²) in [7, 11) is 2.42. The van der Waals surface area contributed by atoms with Gasteiger partial charge in [0.15, 0.2) is 5.78 Å². The number of piperidine rings is 1. The van der Waals surface area contributed by atoms with E-state index in [2.05, 4.69) is 54.0 Å². The number of nitrogens with two attached hydrogens (primary N) is 1. The van der Waals surface area contributed by atoms with Gasteiger partial charge in [-0.05, 0) is 94.4 Å². The van der Waals surface area contributed by atoms with Crippen LogP contribution in [0.3, 0.4) is 0 Å². The lowest BCUT2D eigenvalue weighted by Gasteiger charge is -2.60. The van der Waals surface area contributed by atoms with Crippen LogP contribution in [0.4, 0.5) is 0 Å². The molecule has 6 saturated heterocycles. The number of aliphatic hydroxyl groups excluding tert-OH is 1. The molecule has 3 aliphatic carbocycles. The summed E-state index contributed by atoms with van der Waals surface area (Å²) in [6.07, 6.45) is 18.2. The van der Waals surface area contributed by atoms with E-state index in [0.717, 1.165) is 37.5 Å². The highest BCUT2D eigenvalue weighted by Gasteiger charge is 2.80. The lowest BCUT2D eigenvalue weighted by Crippen LogP contribution is -2.74. The number of nitrogens with one attached hydrogen (secondary N) is 4. The molecular formula is C43H74N6O3. The standard InChI is InChI=1S/C43H74N6O3/c1-6-12-31-38-42-29(7-2)36(49(31)5)23(3)32(20-27-18-25-15-16-26(17-25)19-27)52-33-22-45-39-34(24(4)50)47-37(43(33,39)41(42)51)30(21-44)46-40(42)35(48-38)28-13-10-8-9-11-14-28/h23-40,45-48,50H,6-22,44H2,1-5H3/t23?,24-,25?,26?,27?,29?,30?,31?,32?,33?,34?,35?,36?,37?,38?,39?,40?,42?,43?/m0/s1. The van der Waals surface area contributed by atoms with Gasteiger partial charge < -0.3 is 36.8 Å². The fourth-order valence-corrected chi connectivity index (χ4v) is 16.0. The summed E-state index contributed by atoms with van der Waals surface area (Å²) in [6.45, 7) is 10.3. The van der Waals surface area contributed by atoms with Gasteiger partial charge in [0.25, 0.3) is 0 Å². The zero-order valence-electron chi connectivity index (χ0n) is 33.2. The Balaban J connectivity index is 1.25. The van der Waals surface area contributed by atoms with Gasteiger partial charge in [-0.2, -0.15) is 0 Å². The Bertz CT molecular complexity index is 1300. The van der Waals surface area contributed by atoms with Crippen LogP contribution < -0.4 is 27.0 Å². The number of rotatable bonds is 8. The van der Waals surface area contributed by atoms with Crippen LogP contribution in [0.15, 0.2) is 0 Å². The van der Waals surface area contributed by atoms with Gasteiger partial charge in [0, 0.05) is 67.5 Å². The molecule has 0 radical (unpaired) electrons. The van der Waals surface area contributed by atoms with Crippen LogP contribution in [0, 0.1) is 46.3 Å². The lowest BCUT2D eigenvalue weighted by molar-refractivity contribution is -0.159. The van der Waals surface area contributed by atoms with Crippen LogP contribution >= 0.6 is 0 Å². The number of ketones is 1. The smallest absolute Gasteiger partial charge is 0.154 e. The Morgan fingerprint density at radius 3 is 2.33 bits per heavy atom. The first-order chi connectivity index (χ1) is 25.2. The first-order valence-electron chi connectivity index (χ1n) is 22.5. The fraction of sp³-hybridized carbons (Fsp3) is 0.977. The number of fused-ring (bicyclic) bond motifs is 3. The second-order valence-corrected chi connectivity index (χ2v) is 20.1. The first-order valence-corrected chi connectivity index (χ1v) is 22.5. The summed E-state index contributed by atoms with van der Waals surface area (Å²) < 4.78 is 7.78. The maximum absolute atomic E-state index is 17.1. The molecule has 0 aromatic heterocycles. The molecular weight excluding hydrogens is 649 g/mol. The summed E-state index contributed by atoms with van der Waals surface area (Å²) in [4.78, 5) is 19.9. The van der Waals surface area contributed by atoms with Gasteiger partial charge in [0.2, 0.25) is 0 Å². The number of carbonyl (C=O) groups is 1. The zero-order chi connectivity index (χ0) is 36.1. The molecule has 9 nitrogen and oxygen atoms in total. The lowest BCUT2D eigenvalue weighted by atomic mass is 9.49. The van der Waals surface area contributed by atoms with Crippen molar-refractivity contribution in [2.45, 2.75) is 197 Å². The third-order valence-corrected chi connectivity index (χ3v) is 17.8. The van der Waals surface area contributed by atoms with Crippen molar-refractivity contribution in [1.29, 1.82) is 0 Å². The summed E-state index contributed by atoms with van der Waals surface area (Å²) in [6, 6.07) is 0.109. The number of likely N-dealkylation sites (N-methyl/N-ethyl adjacent to an activating group) is 1. The van der Waals surface area contributed by atoms with Crippen molar-refractivity contribution in [2.24, 2.45) is 52.1 Å². The van der Waals surface area contributed by atoms with E-state index in [1.54, 1.807) is 0 Å². The molecule has 6 aliphatic heterocycles. The normalized spacial score (nSPS) is 53.9. The third kappa shape index (κ3) is 5.17. The second-order valence-electron chi connectivity index (χ2n) is 20.1. The maximum Gasteiger partial charge on any atom is 0.154 e. The number of likely N-dealkylation sites (tertiary alicyclic amines) is 1. The first kappa shape index (κ1) is 37.0. The number of carbonyl (C=O) groups excluding carboxylic acids is 1. The molecule has 18 atom stereocenters. The molecule has 2 spiro atoms. The van der Waals surface area contributed by atoms with Crippen molar-refractivity contribution in [1.82, 2.24) is 26.2 Å². The van der Waals surface area contributed by atoms with E-state index >= 15 is 4.79 Å². The third-order valence-electron chi connectivity index (χ3n) is 17.8. The number of aliphatic hydroxyl groups is 1. The van der Waals surface area contributed by atoms with Crippen molar-refractivity contribution in [3.05, 3.63) is 0 Å². The molecule has 17 unspecified atom stereocenters. The largest absolute Gasteiger partial charge is 0.392 e. The van der Waals surface area contributed by atoms with Crippen LogP contribution in [0.25, 0.3) is 0 Å². The molecule has 0 aromatic carbocycles.